The molecule has 7 nitrogen and oxygen atoms in total. The average molecular weight is 386 g/mol. The second-order valence-electron chi connectivity index (χ2n) is 8.03. The van der Waals surface area contributed by atoms with Crippen LogP contribution in [0.3, 0.4) is 0 Å². The number of likely N-dealkylation sites (tertiary alicyclic amines) is 2. The molecule has 3 rings (SSSR count). The molecule has 28 heavy (non-hydrogen) atoms. The zero-order valence-electron chi connectivity index (χ0n) is 17.0. The van der Waals surface area contributed by atoms with Crippen molar-refractivity contribution in [2.24, 2.45) is 5.92 Å². The molecular formula is C21H30N4O3. The Morgan fingerprint density at radius 2 is 1.82 bits per heavy atom. The first kappa shape index (κ1) is 20.3. The van der Waals surface area contributed by atoms with E-state index < -0.39 is 0 Å². The van der Waals surface area contributed by atoms with Crippen LogP contribution < -0.4 is 5.32 Å². The van der Waals surface area contributed by atoms with Crippen LogP contribution in [0.2, 0.25) is 0 Å². The van der Waals surface area contributed by atoms with Crippen molar-refractivity contribution in [3.8, 4) is 0 Å². The third-order valence-electron chi connectivity index (χ3n) is 5.56. The molecule has 0 spiro atoms. The van der Waals surface area contributed by atoms with Crippen molar-refractivity contribution in [3.05, 3.63) is 35.4 Å². The minimum absolute atomic E-state index is 0.0152. The van der Waals surface area contributed by atoms with Crippen molar-refractivity contribution in [1.82, 2.24) is 20.0 Å². The molecule has 2 heterocycles. The third kappa shape index (κ3) is 4.52. The minimum atomic E-state index is -0.348. The maximum Gasteiger partial charge on any atom is 0.245 e. The van der Waals surface area contributed by atoms with E-state index in [4.69, 9.17) is 0 Å². The molecule has 1 aromatic rings. The number of hydrogen-bond donors (Lipinski definition) is 1. The number of nitrogens with zero attached hydrogens (tertiary/aromatic N) is 3. The van der Waals surface area contributed by atoms with Crippen LogP contribution >= 0.6 is 0 Å². The first-order valence-corrected chi connectivity index (χ1v) is 9.92. The highest BCUT2D eigenvalue weighted by Gasteiger charge is 2.41. The summed E-state index contributed by atoms with van der Waals surface area (Å²) in [7, 11) is 4.04. The smallest absolute Gasteiger partial charge is 0.245 e. The van der Waals surface area contributed by atoms with Gasteiger partial charge in [0.25, 0.3) is 0 Å². The van der Waals surface area contributed by atoms with Crippen molar-refractivity contribution >= 4 is 17.7 Å². The van der Waals surface area contributed by atoms with E-state index in [1.54, 1.807) is 9.80 Å². The van der Waals surface area contributed by atoms with Gasteiger partial charge in [0.15, 0.2) is 0 Å². The van der Waals surface area contributed by atoms with Crippen LogP contribution in [-0.4, -0.2) is 72.2 Å². The summed E-state index contributed by atoms with van der Waals surface area (Å²) >= 11 is 0. The summed E-state index contributed by atoms with van der Waals surface area (Å²) in [4.78, 5) is 42.2. The van der Waals surface area contributed by atoms with Gasteiger partial charge in [0.05, 0.1) is 5.92 Å². The lowest BCUT2D eigenvalue weighted by atomic mass is 9.97. The molecule has 0 saturated carbocycles. The topological polar surface area (TPSA) is 73.0 Å². The highest BCUT2D eigenvalue weighted by molar-refractivity contribution is 5.90. The molecule has 0 aromatic heterocycles. The summed E-state index contributed by atoms with van der Waals surface area (Å²) in [6.45, 7) is 4.35. The molecule has 0 radical (unpaired) electrons. The van der Waals surface area contributed by atoms with Gasteiger partial charge in [-0.2, -0.15) is 0 Å². The van der Waals surface area contributed by atoms with E-state index in [2.05, 4.69) is 16.3 Å². The molecule has 1 N–H and O–H groups in total. The zero-order chi connectivity index (χ0) is 20.3. The number of rotatable bonds is 6. The molecule has 2 aliphatic rings. The Morgan fingerprint density at radius 3 is 2.46 bits per heavy atom. The Morgan fingerprint density at radius 1 is 1.14 bits per heavy atom. The predicted molar refractivity (Wildman–Crippen MR) is 106 cm³/mol. The van der Waals surface area contributed by atoms with Gasteiger partial charge in [-0.3, -0.25) is 14.4 Å². The van der Waals surface area contributed by atoms with Crippen molar-refractivity contribution < 1.29 is 14.4 Å². The van der Waals surface area contributed by atoms with Crippen LogP contribution in [0.15, 0.2) is 24.3 Å². The summed E-state index contributed by atoms with van der Waals surface area (Å²) in [5.74, 6) is -0.258. The van der Waals surface area contributed by atoms with Gasteiger partial charge in [0.2, 0.25) is 17.7 Å². The van der Waals surface area contributed by atoms with Crippen LogP contribution in [0.5, 0.6) is 0 Å². The van der Waals surface area contributed by atoms with Crippen LogP contribution in [0, 0.1) is 5.92 Å². The maximum absolute atomic E-state index is 12.6. The Kier molecular flexibility index (Phi) is 6.34. The number of carbonyl (C=O) groups excluding carboxylic acids is 3. The van der Waals surface area contributed by atoms with Gasteiger partial charge in [-0.05, 0) is 38.1 Å². The first-order valence-electron chi connectivity index (χ1n) is 9.92. The third-order valence-corrected chi connectivity index (χ3v) is 5.56. The zero-order valence-corrected chi connectivity index (χ0v) is 17.0. The van der Waals surface area contributed by atoms with E-state index in [-0.39, 0.29) is 29.7 Å². The molecule has 1 atom stereocenters. The van der Waals surface area contributed by atoms with E-state index in [0.717, 1.165) is 18.5 Å². The van der Waals surface area contributed by atoms with Crippen LogP contribution in [0.4, 0.5) is 0 Å². The molecule has 2 fully saturated rings. The fourth-order valence-corrected chi connectivity index (χ4v) is 3.99. The molecule has 0 bridgehead atoms. The molecular weight excluding hydrogens is 356 g/mol. The van der Waals surface area contributed by atoms with Gasteiger partial charge in [0.1, 0.15) is 6.04 Å². The summed E-state index contributed by atoms with van der Waals surface area (Å²) in [5.41, 5.74) is 2.31. The lowest BCUT2D eigenvalue weighted by molar-refractivity contribution is -0.150. The van der Waals surface area contributed by atoms with E-state index in [1.807, 2.05) is 32.3 Å². The Labute approximate surface area is 166 Å². The fraction of sp³-hybridized carbons (Fsp3) is 0.571. The van der Waals surface area contributed by atoms with Crippen molar-refractivity contribution in [1.29, 1.82) is 0 Å². The number of benzene rings is 1. The van der Waals surface area contributed by atoms with Crippen molar-refractivity contribution in [2.45, 2.75) is 38.9 Å². The lowest BCUT2D eigenvalue weighted by Crippen LogP contribution is -2.59. The molecule has 152 valence electrons. The highest BCUT2D eigenvalue weighted by Crippen LogP contribution is 2.24. The fourth-order valence-electron chi connectivity index (χ4n) is 3.99. The second kappa shape index (κ2) is 8.73. The van der Waals surface area contributed by atoms with Gasteiger partial charge in [0, 0.05) is 39.6 Å². The summed E-state index contributed by atoms with van der Waals surface area (Å²) < 4.78 is 0. The van der Waals surface area contributed by atoms with E-state index in [9.17, 15) is 14.4 Å². The molecule has 3 amide bonds. The van der Waals surface area contributed by atoms with Crippen LogP contribution in [-0.2, 0) is 27.5 Å². The van der Waals surface area contributed by atoms with Gasteiger partial charge >= 0.3 is 0 Å². The van der Waals surface area contributed by atoms with Gasteiger partial charge in [-0.15, -0.1) is 0 Å². The van der Waals surface area contributed by atoms with Crippen LogP contribution in [0.1, 0.15) is 30.9 Å². The van der Waals surface area contributed by atoms with Gasteiger partial charge in [-0.1, -0.05) is 24.3 Å². The van der Waals surface area contributed by atoms with E-state index in [0.29, 0.717) is 32.6 Å². The monoisotopic (exact) mass is 386 g/mol. The standard InChI is InChI=1S/C21H30N4O3/c1-15(26)25-10-6-9-19(25)21(28)24-13-18(14-24)20(27)22-11-16-7-4-5-8-17(16)12-23(2)3/h4-5,7-8,18-19H,6,9-14H2,1-3H3,(H,22,27)/t19-/m0/s1. The van der Waals surface area contributed by atoms with Gasteiger partial charge < -0.3 is 20.0 Å². The predicted octanol–water partition coefficient (Wildman–Crippen LogP) is 0.834. The number of amides is 3. The number of nitrogens with one attached hydrogen (secondary N) is 1. The normalized spacial score (nSPS) is 19.6. The first-order chi connectivity index (χ1) is 13.4. The molecule has 0 unspecified atom stereocenters. The summed E-state index contributed by atoms with van der Waals surface area (Å²) in [5, 5.41) is 3.01. The van der Waals surface area contributed by atoms with E-state index in [1.165, 1.54) is 12.5 Å². The van der Waals surface area contributed by atoms with Crippen molar-refractivity contribution in [2.75, 3.05) is 33.7 Å². The second-order valence-corrected chi connectivity index (χ2v) is 8.03. The summed E-state index contributed by atoms with van der Waals surface area (Å²) in [6.07, 6.45) is 1.58. The molecule has 7 heteroatoms. The number of carbonyl (C=O) groups is 3. The van der Waals surface area contributed by atoms with E-state index >= 15 is 0 Å². The van der Waals surface area contributed by atoms with Gasteiger partial charge in [-0.25, -0.2) is 0 Å². The SMILES string of the molecule is CC(=O)N1CCC[C@H]1C(=O)N1CC(C(=O)NCc2ccccc2CN(C)C)C1. The molecule has 1 aromatic carbocycles. The highest BCUT2D eigenvalue weighted by atomic mass is 16.2. The van der Waals surface area contributed by atoms with Crippen molar-refractivity contribution in [3.63, 3.8) is 0 Å². The quantitative estimate of drug-likeness (QED) is 0.786. The molecule has 0 aliphatic carbocycles. The van der Waals surface area contributed by atoms with Crippen LogP contribution in [0.25, 0.3) is 0 Å². The maximum atomic E-state index is 12.6. The average Bonchev–Trinajstić information content (AvgIpc) is 3.09. The Balaban J connectivity index is 1.48. The lowest BCUT2D eigenvalue weighted by Gasteiger charge is -2.40. The molecule has 2 saturated heterocycles. The summed E-state index contributed by atoms with van der Waals surface area (Å²) in [6, 6.07) is 7.75. The largest absolute Gasteiger partial charge is 0.352 e. The minimum Gasteiger partial charge on any atom is -0.352 e. The number of hydrogen-bond acceptors (Lipinski definition) is 4. The Bertz CT molecular complexity index is 743. The molecule has 2 aliphatic heterocycles. The Hall–Kier alpha value is -2.41.